The zero-order chi connectivity index (χ0) is 20.9. The van der Waals surface area contributed by atoms with Crippen LogP contribution in [0.5, 0.6) is 11.5 Å². The molecule has 0 aliphatic rings. The Bertz CT molecular complexity index is 1150. The third-order valence-corrected chi connectivity index (χ3v) is 5.42. The Kier molecular flexibility index (Phi) is 5.85. The van der Waals surface area contributed by atoms with Gasteiger partial charge in [-0.25, -0.2) is 0 Å². The number of nitrogens with one attached hydrogen (secondary N) is 1. The second-order valence-corrected chi connectivity index (χ2v) is 7.45. The van der Waals surface area contributed by atoms with E-state index in [2.05, 4.69) is 15.5 Å². The van der Waals surface area contributed by atoms with E-state index >= 15 is 0 Å². The maximum Gasteiger partial charge on any atom is 0.234 e. The first-order chi connectivity index (χ1) is 14.6. The molecule has 0 saturated heterocycles. The SMILES string of the molecule is Cc1occc1-c1nnc(SCC(=O)Nc2ccccc2Oc2ccccc2)n1C. The van der Waals surface area contributed by atoms with Crippen LogP contribution in [0.4, 0.5) is 5.69 Å². The minimum absolute atomic E-state index is 0.159. The van der Waals surface area contributed by atoms with E-state index in [1.807, 2.05) is 79.2 Å². The van der Waals surface area contributed by atoms with Crippen molar-refractivity contribution in [3.05, 3.63) is 72.7 Å². The van der Waals surface area contributed by atoms with Crippen molar-refractivity contribution in [2.75, 3.05) is 11.1 Å². The van der Waals surface area contributed by atoms with Gasteiger partial charge in [-0.2, -0.15) is 0 Å². The van der Waals surface area contributed by atoms with Gasteiger partial charge in [0.25, 0.3) is 0 Å². The van der Waals surface area contributed by atoms with Gasteiger partial charge >= 0.3 is 0 Å². The van der Waals surface area contributed by atoms with Gasteiger partial charge < -0.3 is 19.0 Å². The summed E-state index contributed by atoms with van der Waals surface area (Å²) in [5, 5.41) is 12.0. The maximum absolute atomic E-state index is 12.5. The van der Waals surface area contributed by atoms with E-state index in [-0.39, 0.29) is 11.7 Å². The van der Waals surface area contributed by atoms with Crippen LogP contribution < -0.4 is 10.1 Å². The van der Waals surface area contributed by atoms with Gasteiger partial charge in [0.05, 0.1) is 23.3 Å². The fraction of sp³-hybridized carbons (Fsp3) is 0.136. The number of ether oxygens (including phenoxy) is 1. The highest BCUT2D eigenvalue weighted by atomic mass is 32.2. The van der Waals surface area contributed by atoms with E-state index in [4.69, 9.17) is 9.15 Å². The number of benzene rings is 2. The average Bonchev–Trinajstić information content (AvgIpc) is 3.33. The zero-order valence-electron chi connectivity index (χ0n) is 16.5. The lowest BCUT2D eigenvalue weighted by Gasteiger charge is -2.12. The number of thioether (sulfide) groups is 1. The number of hydrogen-bond donors (Lipinski definition) is 1. The molecule has 0 spiro atoms. The molecule has 0 fully saturated rings. The first-order valence-corrected chi connectivity index (χ1v) is 10.3. The minimum atomic E-state index is -0.159. The molecule has 2 aromatic carbocycles. The molecule has 0 bridgehead atoms. The third kappa shape index (κ3) is 4.38. The summed E-state index contributed by atoms with van der Waals surface area (Å²) >= 11 is 1.31. The first kappa shape index (κ1) is 19.8. The molecule has 0 radical (unpaired) electrons. The first-order valence-electron chi connectivity index (χ1n) is 9.30. The van der Waals surface area contributed by atoms with Gasteiger partial charge in [-0.3, -0.25) is 4.79 Å². The number of aryl methyl sites for hydroxylation is 1. The predicted octanol–water partition coefficient (Wildman–Crippen LogP) is 4.91. The Morgan fingerprint density at radius 1 is 1.10 bits per heavy atom. The molecule has 4 aromatic rings. The summed E-state index contributed by atoms with van der Waals surface area (Å²) in [4.78, 5) is 12.5. The van der Waals surface area contributed by atoms with E-state index in [0.29, 0.717) is 28.2 Å². The van der Waals surface area contributed by atoms with Crippen molar-refractivity contribution >= 4 is 23.4 Å². The average molecular weight is 420 g/mol. The second kappa shape index (κ2) is 8.87. The number of carbonyl (C=O) groups is 1. The Labute approximate surface area is 178 Å². The molecule has 0 unspecified atom stereocenters. The number of rotatable bonds is 7. The maximum atomic E-state index is 12.5. The highest BCUT2D eigenvalue weighted by Crippen LogP contribution is 2.30. The number of anilines is 1. The summed E-state index contributed by atoms with van der Waals surface area (Å²) < 4.78 is 13.1. The Hall–Kier alpha value is -3.52. The molecule has 0 aliphatic carbocycles. The molecule has 152 valence electrons. The number of nitrogens with zero attached hydrogens (tertiary/aromatic N) is 3. The molecule has 0 saturated carbocycles. The summed E-state index contributed by atoms with van der Waals surface area (Å²) in [6, 6.07) is 18.6. The number of hydrogen-bond acceptors (Lipinski definition) is 6. The highest BCUT2D eigenvalue weighted by molar-refractivity contribution is 7.99. The van der Waals surface area contributed by atoms with E-state index in [9.17, 15) is 4.79 Å². The molecule has 8 heteroatoms. The van der Waals surface area contributed by atoms with Gasteiger partial charge in [-0.15, -0.1) is 10.2 Å². The third-order valence-electron chi connectivity index (χ3n) is 4.40. The van der Waals surface area contributed by atoms with Crippen LogP contribution in [-0.2, 0) is 11.8 Å². The zero-order valence-corrected chi connectivity index (χ0v) is 17.3. The van der Waals surface area contributed by atoms with Crippen LogP contribution in [0.2, 0.25) is 0 Å². The molecular formula is C22H20N4O3S. The second-order valence-electron chi connectivity index (χ2n) is 6.50. The van der Waals surface area contributed by atoms with E-state index in [1.165, 1.54) is 11.8 Å². The number of furan rings is 1. The molecule has 1 amide bonds. The van der Waals surface area contributed by atoms with Crippen LogP contribution in [0.3, 0.4) is 0 Å². The van der Waals surface area contributed by atoms with E-state index in [1.54, 1.807) is 6.26 Å². The molecule has 7 nitrogen and oxygen atoms in total. The summed E-state index contributed by atoms with van der Waals surface area (Å²) in [5.74, 6) is 2.79. The van der Waals surface area contributed by atoms with Crippen molar-refractivity contribution in [2.24, 2.45) is 7.05 Å². The van der Waals surface area contributed by atoms with Crippen molar-refractivity contribution in [2.45, 2.75) is 12.1 Å². The highest BCUT2D eigenvalue weighted by Gasteiger charge is 2.16. The normalized spacial score (nSPS) is 10.7. The van der Waals surface area contributed by atoms with E-state index < -0.39 is 0 Å². The number of carbonyl (C=O) groups excluding carboxylic acids is 1. The van der Waals surface area contributed by atoms with Gasteiger partial charge in [0.1, 0.15) is 11.5 Å². The molecular weight excluding hydrogens is 400 g/mol. The van der Waals surface area contributed by atoms with Gasteiger partial charge in [0.15, 0.2) is 16.7 Å². The van der Waals surface area contributed by atoms with Crippen molar-refractivity contribution in [3.63, 3.8) is 0 Å². The summed E-state index contributed by atoms with van der Waals surface area (Å²) in [7, 11) is 1.87. The number of para-hydroxylation sites is 3. The topological polar surface area (TPSA) is 82.2 Å². The van der Waals surface area contributed by atoms with Gasteiger partial charge in [0.2, 0.25) is 5.91 Å². The van der Waals surface area contributed by atoms with Crippen LogP contribution in [0.1, 0.15) is 5.76 Å². The standard InChI is InChI=1S/C22H20N4O3S/c1-15-17(12-13-28-15)21-24-25-22(26(21)2)30-14-20(27)23-18-10-6-7-11-19(18)29-16-8-4-3-5-9-16/h3-13H,14H2,1-2H3,(H,23,27). The molecule has 1 N–H and O–H groups in total. The Morgan fingerprint density at radius 3 is 2.63 bits per heavy atom. The van der Waals surface area contributed by atoms with Gasteiger partial charge in [-0.05, 0) is 37.3 Å². The van der Waals surface area contributed by atoms with Crippen LogP contribution in [0.15, 0.2) is 76.5 Å². The monoisotopic (exact) mass is 420 g/mol. The van der Waals surface area contributed by atoms with Gasteiger partial charge in [-0.1, -0.05) is 42.1 Å². The fourth-order valence-corrected chi connectivity index (χ4v) is 3.59. The van der Waals surface area contributed by atoms with Crippen molar-refractivity contribution in [1.29, 1.82) is 0 Å². The number of amides is 1. The lowest BCUT2D eigenvalue weighted by Crippen LogP contribution is -2.15. The summed E-state index contributed by atoms with van der Waals surface area (Å²) in [6.45, 7) is 1.87. The molecule has 4 rings (SSSR count). The van der Waals surface area contributed by atoms with Crippen molar-refractivity contribution in [3.8, 4) is 22.9 Å². The fourth-order valence-electron chi connectivity index (χ4n) is 2.88. The Balaban J connectivity index is 1.41. The smallest absolute Gasteiger partial charge is 0.234 e. The molecule has 30 heavy (non-hydrogen) atoms. The molecule has 0 aliphatic heterocycles. The van der Waals surface area contributed by atoms with Gasteiger partial charge in [0, 0.05) is 7.05 Å². The molecule has 2 heterocycles. The quantitative estimate of drug-likeness (QED) is 0.428. The minimum Gasteiger partial charge on any atom is -0.469 e. The summed E-state index contributed by atoms with van der Waals surface area (Å²) in [6.07, 6.45) is 1.62. The predicted molar refractivity (Wildman–Crippen MR) is 116 cm³/mol. The molecule has 0 atom stereocenters. The van der Waals surface area contributed by atoms with Crippen LogP contribution in [0.25, 0.3) is 11.4 Å². The molecule has 2 aromatic heterocycles. The lowest BCUT2D eigenvalue weighted by molar-refractivity contribution is -0.113. The van der Waals surface area contributed by atoms with Crippen molar-refractivity contribution in [1.82, 2.24) is 14.8 Å². The van der Waals surface area contributed by atoms with Crippen LogP contribution in [-0.4, -0.2) is 26.4 Å². The lowest BCUT2D eigenvalue weighted by atomic mass is 10.2. The summed E-state index contributed by atoms with van der Waals surface area (Å²) in [5.41, 5.74) is 1.49. The van der Waals surface area contributed by atoms with Crippen LogP contribution in [0, 0.1) is 6.92 Å². The number of aromatic nitrogens is 3. The van der Waals surface area contributed by atoms with Crippen molar-refractivity contribution < 1.29 is 13.9 Å². The van der Waals surface area contributed by atoms with E-state index in [0.717, 1.165) is 11.3 Å². The Morgan fingerprint density at radius 2 is 1.87 bits per heavy atom. The largest absolute Gasteiger partial charge is 0.469 e. The van der Waals surface area contributed by atoms with Crippen LogP contribution >= 0.6 is 11.8 Å².